The maximum absolute atomic E-state index is 9.54. The molecule has 0 amide bonds. The van der Waals surface area contributed by atoms with Crippen molar-refractivity contribution in [3.8, 4) is 0 Å². The Morgan fingerprint density at radius 2 is 1.50 bits per heavy atom. The normalized spacial score (nSPS) is 12.9. The summed E-state index contributed by atoms with van der Waals surface area (Å²) in [6.07, 6.45) is 0. The first-order valence-electron chi connectivity index (χ1n) is 4.75. The van der Waals surface area contributed by atoms with E-state index in [1.165, 1.54) is 12.1 Å². The molecule has 4 nitrogen and oxygen atoms in total. The molecular formula is C11H15ClO4. The first kappa shape index (κ1) is 13.4. The molecule has 1 aromatic rings. The number of hydrogen-bond acceptors (Lipinski definition) is 4. The molecule has 4 N–H and O–H groups in total. The van der Waals surface area contributed by atoms with Gasteiger partial charge in [0.05, 0.1) is 0 Å². The van der Waals surface area contributed by atoms with Gasteiger partial charge in [-0.2, -0.15) is 0 Å². The number of aliphatic hydroxyl groups is 4. The SMILES string of the molecule is CC(O)(O)c1ccc(CCl)cc1C(C)(O)O. The third-order valence-electron chi connectivity index (χ3n) is 2.26. The van der Waals surface area contributed by atoms with Crippen LogP contribution in [0.15, 0.2) is 18.2 Å². The van der Waals surface area contributed by atoms with Crippen LogP contribution in [-0.2, 0) is 17.5 Å². The quantitative estimate of drug-likeness (QED) is 0.469. The van der Waals surface area contributed by atoms with Crippen LogP contribution in [0.4, 0.5) is 0 Å². The first-order valence-corrected chi connectivity index (χ1v) is 5.29. The lowest BCUT2D eigenvalue weighted by molar-refractivity contribution is -0.174. The second-order valence-electron chi connectivity index (χ2n) is 4.06. The summed E-state index contributed by atoms with van der Waals surface area (Å²) in [6, 6.07) is 4.45. The first-order chi connectivity index (χ1) is 7.16. The van der Waals surface area contributed by atoms with Gasteiger partial charge in [0.15, 0.2) is 11.6 Å². The van der Waals surface area contributed by atoms with E-state index < -0.39 is 11.6 Å². The zero-order chi connectivity index (χ0) is 12.6. The third kappa shape index (κ3) is 2.93. The molecule has 0 radical (unpaired) electrons. The van der Waals surface area contributed by atoms with E-state index in [0.717, 1.165) is 13.8 Å². The predicted octanol–water partition coefficient (Wildman–Crippen LogP) is 0.740. The minimum absolute atomic E-state index is 0.0261. The lowest BCUT2D eigenvalue weighted by Gasteiger charge is -2.26. The highest BCUT2D eigenvalue weighted by Gasteiger charge is 2.30. The van der Waals surface area contributed by atoms with Gasteiger partial charge >= 0.3 is 0 Å². The zero-order valence-corrected chi connectivity index (χ0v) is 9.86. The molecule has 0 fully saturated rings. The van der Waals surface area contributed by atoms with Gasteiger partial charge in [0.25, 0.3) is 0 Å². The smallest absolute Gasteiger partial charge is 0.187 e. The van der Waals surface area contributed by atoms with E-state index in [9.17, 15) is 20.4 Å². The van der Waals surface area contributed by atoms with Crippen molar-refractivity contribution in [1.82, 2.24) is 0 Å². The fourth-order valence-corrected chi connectivity index (χ4v) is 1.65. The average Bonchev–Trinajstić information content (AvgIpc) is 2.14. The van der Waals surface area contributed by atoms with Gasteiger partial charge in [-0.3, -0.25) is 0 Å². The van der Waals surface area contributed by atoms with Gasteiger partial charge in [0.2, 0.25) is 0 Å². The van der Waals surface area contributed by atoms with Crippen molar-refractivity contribution in [3.63, 3.8) is 0 Å². The monoisotopic (exact) mass is 246 g/mol. The second-order valence-corrected chi connectivity index (χ2v) is 4.32. The molecule has 0 atom stereocenters. The van der Waals surface area contributed by atoms with Crippen LogP contribution in [0.5, 0.6) is 0 Å². The predicted molar refractivity (Wildman–Crippen MR) is 59.6 cm³/mol. The molecule has 5 heteroatoms. The second kappa shape index (κ2) is 4.31. The number of alkyl halides is 1. The van der Waals surface area contributed by atoms with Crippen molar-refractivity contribution < 1.29 is 20.4 Å². The summed E-state index contributed by atoms with van der Waals surface area (Å²) in [6.45, 7) is 2.30. The summed E-state index contributed by atoms with van der Waals surface area (Å²) in [7, 11) is 0. The molecule has 0 saturated heterocycles. The average molecular weight is 247 g/mol. The van der Waals surface area contributed by atoms with Gasteiger partial charge in [-0.15, -0.1) is 11.6 Å². The lowest BCUT2D eigenvalue weighted by Crippen LogP contribution is -2.29. The van der Waals surface area contributed by atoms with Crippen LogP contribution in [0.2, 0.25) is 0 Å². The number of halogens is 1. The molecule has 0 aliphatic carbocycles. The van der Waals surface area contributed by atoms with E-state index in [1.54, 1.807) is 6.07 Å². The van der Waals surface area contributed by atoms with Crippen LogP contribution in [0.1, 0.15) is 30.5 Å². The maximum atomic E-state index is 9.54. The van der Waals surface area contributed by atoms with Crippen LogP contribution in [0.3, 0.4) is 0 Å². The van der Waals surface area contributed by atoms with Crippen molar-refractivity contribution in [1.29, 1.82) is 0 Å². The molecule has 0 unspecified atom stereocenters. The molecule has 1 aromatic carbocycles. The Hall–Kier alpha value is -0.650. The van der Waals surface area contributed by atoms with E-state index in [4.69, 9.17) is 11.6 Å². The van der Waals surface area contributed by atoms with Gasteiger partial charge in [0.1, 0.15) is 0 Å². The molecule has 0 saturated carbocycles. The van der Waals surface area contributed by atoms with Crippen molar-refractivity contribution in [2.24, 2.45) is 0 Å². The number of hydrogen-bond donors (Lipinski definition) is 4. The molecule has 0 aliphatic rings. The Kier molecular flexibility index (Phi) is 3.62. The molecule has 0 aliphatic heterocycles. The highest BCUT2D eigenvalue weighted by atomic mass is 35.5. The van der Waals surface area contributed by atoms with E-state index in [1.807, 2.05) is 0 Å². The summed E-state index contributed by atoms with van der Waals surface area (Å²) in [5.41, 5.74) is 0.728. The Balaban J connectivity index is 3.40. The summed E-state index contributed by atoms with van der Waals surface area (Å²) in [5.74, 6) is -4.08. The van der Waals surface area contributed by atoms with Crippen LogP contribution in [-0.4, -0.2) is 20.4 Å². The largest absolute Gasteiger partial charge is 0.362 e. The van der Waals surface area contributed by atoms with E-state index >= 15 is 0 Å². The molecule has 16 heavy (non-hydrogen) atoms. The third-order valence-corrected chi connectivity index (χ3v) is 2.57. The standard InChI is InChI=1S/C11H15ClO4/c1-10(13,14)8-4-3-7(6-12)5-9(8)11(2,15)16/h3-5,13-16H,6H2,1-2H3. The molecule has 0 aromatic heterocycles. The summed E-state index contributed by atoms with van der Waals surface area (Å²) >= 11 is 5.63. The highest BCUT2D eigenvalue weighted by Crippen LogP contribution is 2.30. The molecule has 90 valence electrons. The van der Waals surface area contributed by atoms with Crippen molar-refractivity contribution in [2.45, 2.75) is 31.3 Å². The lowest BCUT2D eigenvalue weighted by atomic mass is 9.93. The van der Waals surface area contributed by atoms with Gasteiger partial charge in [0, 0.05) is 17.0 Å². The Morgan fingerprint density at radius 3 is 1.88 bits per heavy atom. The van der Waals surface area contributed by atoms with Crippen molar-refractivity contribution in [3.05, 3.63) is 34.9 Å². The minimum atomic E-state index is -2.15. The number of benzene rings is 1. The summed E-state index contributed by atoms with van der Waals surface area (Å²) in [5, 5.41) is 38.1. The summed E-state index contributed by atoms with van der Waals surface area (Å²) < 4.78 is 0. The van der Waals surface area contributed by atoms with Crippen molar-refractivity contribution in [2.75, 3.05) is 0 Å². The number of rotatable bonds is 3. The van der Waals surface area contributed by atoms with E-state index in [2.05, 4.69) is 0 Å². The Labute approximate surface area is 98.7 Å². The van der Waals surface area contributed by atoms with Crippen LogP contribution in [0.25, 0.3) is 0 Å². The zero-order valence-electron chi connectivity index (χ0n) is 9.11. The molecule has 0 heterocycles. The van der Waals surface area contributed by atoms with Crippen LogP contribution in [0, 0.1) is 0 Å². The van der Waals surface area contributed by atoms with Crippen LogP contribution >= 0.6 is 11.6 Å². The molecular weight excluding hydrogens is 232 g/mol. The summed E-state index contributed by atoms with van der Waals surface area (Å²) in [4.78, 5) is 0. The Morgan fingerprint density at radius 1 is 1.00 bits per heavy atom. The van der Waals surface area contributed by atoms with E-state index in [0.29, 0.717) is 5.56 Å². The fourth-order valence-electron chi connectivity index (χ4n) is 1.48. The van der Waals surface area contributed by atoms with Gasteiger partial charge in [-0.25, -0.2) is 0 Å². The van der Waals surface area contributed by atoms with Gasteiger partial charge in [-0.1, -0.05) is 12.1 Å². The van der Waals surface area contributed by atoms with Crippen LogP contribution < -0.4 is 0 Å². The maximum Gasteiger partial charge on any atom is 0.187 e. The molecule has 0 bridgehead atoms. The minimum Gasteiger partial charge on any atom is -0.362 e. The topological polar surface area (TPSA) is 80.9 Å². The Bertz CT molecular complexity index is 377. The van der Waals surface area contributed by atoms with Crippen molar-refractivity contribution >= 4 is 11.6 Å². The highest BCUT2D eigenvalue weighted by molar-refractivity contribution is 6.17. The fraction of sp³-hybridized carbons (Fsp3) is 0.455. The van der Waals surface area contributed by atoms with Gasteiger partial charge in [-0.05, 0) is 25.5 Å². The molecule has 0 spiro atoms. The van der Waals surface area contributed by atoms with Gasteiger partial charge < -0.3 is 20.4 Å². The molecule has 1 rings (SSSR count). The van der Waals surface area contributed by atoms with E-state index in [-0.39, 0.29) is 17.0 Å².